The highest BCUT2D eigenvalue weighted by molar-refractivity contribution is 5.81. The quantitative estimate of drug-likeness (QED) is 0.678. The number of amides is 1. The zero-order valence-corrected chi connectivity index (χ0v) is 7.89. The molecule has 0 spiro atoms. The lowest BCUT2D eigenvalue weighted by Gasteiger charge is -2.13. The molecule has 1 unspecified atom stereocenters. The van der Waals surface area contributed by atoms with Crippen molar-refractivity contribution in [2.24, 2.45) is 11.7 Å². The maximum absolute atomic E-state index is 11.7. The van der Waals surface area contributed by atoms with E-state index < -0.39 is 24.9 Å². The Morgan fingerprint density at radius 2 is 2.00 bits per heavy atom. The average molecular weight is 194 g/mol. The van der Waals surface area contributed by atoms with E-state index in [-0.39, 0.29) is 5.92 Å². The van der Waals surface area contributed by atoms with Crippen molar-refractivity contribution >= 4 is 5.91 Å². The highest BCUT2D eigenvalue weighted by atomic mass is 19.3. The van der Waals surface area contributed by atoms with Gasteiger partial charge in [-0.05, 0) is 12.3 Å². The monoisotopic (exact) mass is 194 g/mol. The van der Waals surface area contributed by atoms with Crippen LogP contribution in [0.5, 0.6) is 0 Å². The van der Waals surface area contributed by atoms with Crippen molar-refractivity contribution in [2.75, 3.05) is 6.54 Å². The molecule has 0 aliphatic heterocycles. The topological polar surface area (TPSA) is 55.1 Å². The minimum atomic E-state index is -2.52. The number of alkyl halides is 2. The number of hydrogen-bond donors (Lipinski definition) is 2. The molecule has 0 rings (SSSR count). The van der Waals surface area contributed by atoms with E-state index in [4.69, 9.17) is 5.73 Å². The van der Waals surface area contributed by atoms with Crippen LogP contribution in [0, 0.1) is 5.92 Å². The van der Waals surface area contributed by atoms with E-state index in [2.05, 4.69) is 5.32 Å². The van der Waals surface area contributed by atoms with Gasteiger partial charge in [-0.1, -0.05) is 13.8 Å². The minimum Gasteiger partial charge on any atom is -0.349 e. The zero-order chi connectivity index (χ0) is 10.4. The first-order valence-electron chi connectivity index (χ1n) is 4.25. The fraction of sp³-hybridized carbons (Fsp3) is 0.875. The minimum absolute atomic E-state index is 0.285. The van der Waals surface area contributed by atoms with Crippen molar-refractivity contribution in [3.63, 3.8) is 0 Å². The highest BCUT2D eigenvalue weighted by Crippen LogP contribution is 2.02. The summed E-state index contributed by atoms with van der Waals surface area (Å²) < 4.78 is 23.3. The van der Waals surface area contributed by atoms with Crippen molar-refractivity contribution in [1.29, 1.82) is 0 Å². The van der Waals surface area contributed by atoms with E-state index >= 15 is 0 Å². The molecule has 5 heteroatoms. The predicted octanol–water partition coefficient (Wildman–Crippen LogP) is 0.741. The molecule has 0 saturated heterocycles. The Kier molecular flexibility index (Phi) is 5.53. The Morgan fingerprint density at radius 3 is 2.38 bits per heavy atom. The van der Waals surface area contributed by atoms with Crippen LogP contribution >= 0.6 is 0 Å². The number of rotatable bonds is 5. The molecule has 0 saturated carbocycles. The van der Waals surface area contributed by atoms with Gasteiger partial charge in [-0.25, -0.2) is 8.78 Å². The standard InChI is InChI=1S/C8H16F2N2O/c1-5(2)3-6(11)8(13)12-4-7(9)10/h5-7H,3-4,11H2,1-2H3,(H,12,13). The van der Waals surface area contributed by atoms with Crippen LogP contribution in [0.3, 0.4) is 0 Å². The van der Waals surface area contributed by atoms with Crippen LogP contribution in [-0.2, 0) is 4.79 Å². The lowest BCUT2D eigenvalue weighted by atomic mass is 10.0. The second kappa shape index (κ2) is 5.85. The lowest BCUT2D eigenvalue weighted by Crippen LogP contribution is -2.42. The summed E-state index contributed by atoms with van der Waals surface area (Å²) in [7, 11) is 0. The molecule has 0 bridgehead atoms. The van der Waals surface area contributed by atoms with Crippen molar-refractivity contribution in [3.05, 3.63) is 0 Å². The number of nitrogens with one attached hydrogen (secondary N) is 1. The molecular formula is C8H16F2N2O. The van der Waals surface area contributed by atoms with Crippen LogP contribution in [0.15, 0.2) is 0 Å². The summed E-state index contributed by atoms with van der Waals surface area (Å²) in [5, 5.41) is 2.07. The molecule has 3 nitrogen and oxygen atoms in total. The summed E-state index contributed by atoms with van der Waals surface area (Å²) in [5.74, 6) is -0.221. The number of nitrogens with two attached hydrogens (primary N) is 1. The van der Waals surface area contributed by atoms with Crippen LogP contribution in [0.1, 0.15) is 20.3 Å². The number of halogens is 2. The Bertz CT molecular complexity index is 162. The number of carbonyl (C=O) groups is 1. The van der Waals surface area contributed by atoms with Gasteiger partial charge in [0, 0.05) is 0 Å². The molecule has 1 amide bonds. The third-order valence-corrected chi connectivity index (χ3v) is 1.49. The van der Waals surface area contributed by atoms with Crippen molar-refractivity contribution in [3.8, 4) is 0 Å². The van der Waals surface area contributed by atoms with Gasteiger partial charge in [0.1, 0.15) is 0 Å². The Hall–Kier alpha value is -0.710. The molecule has 78 valence electrons. The average Bonchev–Trinajstić information content (AvgIpc) is 1.98. The third-order valence-electron chi connectivity index (χ3n) is 1.49. The molecule has 0 heterocycles. The van der Waals surface area contributed by atoms with E-state index in [1.165, 1.54) is 0 Å². The van der Waals surface area contributed by atoms with Crippen molar-refractivity contribution < 1.29 is 13.6 Å². The summed E-state index contributed by atoms with van der Waals surface area (Å²) >= 11 is 0. The first-order valence-corrected chi connectivity index (χ1v) is 4.25. The molecule has 0 aromatic rings. The third kappa shape index (κ3) is 6.45. The van der Waals surface area contributed by atoms with Gasteiger partial charge in [-0.2, -0.15) is 0 Å². The van der Waals surface area contributed by atoms with Crippen LogP contribution in [0.2, 0.25) is 0 Å². The second-order valence-electron chi connectivity index (χ2n) is 3.37. The van der Waals surface area contributed by atoms with Gasteiger partial charge in [0.15, 0.2) is 0 Å². The van der Waals surface area contributed by atoms with Gasteiger partial charge in [0.2, 0.25) is 5.91 Å². The molecule has 0 aliphatic rings. The van der Waals surface area contributed by atoms with Gasteiger partial charge in [-0.3, -0.25) is 4.79 Å². The largest absolute Gasteiger partial charge is 0.349 e. The Morgan fingerprint density at radius 1 is 1.46 bits per heavy atom. The summed E-state index contributed by atoms with van der Waals surface area (Å²) in [6.45, 7) is 3.21. The second-order valence-corrected chi connectivity index (χ2v) is 3.37. The molecule has 0 radical (unpaired) electrons. The SMILES string of the molecule is CC(C)CC(N)C(=O)NCC(F)F. The maximum atomic E-state index is 11.7. The van der Waals surface area contributed by atoms with Crippen LogP contribution in [-0.4, -0.2) is 24.9 Å². The smallest absolute Gasteiger partial charge is 0.255 e. The van der Waals surface area contributed by atoms with Crippen LogP contribution < -0.4 is 11.1 Å². The van der Waals surface area contributed by atoms with Crippen LogP contribution in [0.25, 0.3) is 0 Å². The van der Waals surface area contributed by atoms with Gasteiger partial charge in [-0.15, -0.1) is 0 Å². The molecule has 0 aromatic heterocycles. The Balaban J connectivity index is 3.69. The van der Waals surface area contributed by atoms with Crippen LogP contribution in [0.4, 0.5) is 8.78 Å². The predicted molar refractivity (Wildman–Crippen MR) is 46.4 cm³/mol. The van der Waals surface area contributed by atoms with E-state index in [9.17, 15) is 13.6 Å². The summed E-state index contributed by atoms with van der Waals surface area (Å²) in [5.41, 5.74) is 5.45. The summed E-state index contributed by atoms with van der Waals surface area (Å²) in [6.07, 6.45) is -2.01. The lowest BCUT2D eigenvalue weighted by molar-refractivity contribution is -0.123. The van der Waals surface area contributed by atoms with E-state index in [1.807, 2.05) is 13.8 Å². The van der Waals surface area contributed by atoms with Crippen molar-refractivity contribution in [1.82, 2.24) is 5.32 Å². The van der Waals surface area contributed by atoms with E-state index in [0.717, 1.165) is 0 Å². The number of carbonyl (C=O) groups excluding carboxylic acids is 1. The van der Waals surface area contributed by atoms with Gasteiger partial charge in [0.25, 0.3) is 6.43 Å². The summed E-state index contributed by atoms with van der Waals surface area (Å²) in [4.78, 5) is 11.0. The fourth-order valence-electron chi connectivity index (χ4n) is 0.924. The zero-order valence-electron chi connectivity index (χ0n) is 7.89. The Labute approximate surface area is 76.7 Å². The highest BCUT2D eigenvalue weighted by Gasteiger charge is 2.15. The molecule has 0 fully saturated rings. The van der Waals surface area contributed by atoms with Gasteiger partial charge in [0.05, 0.1) is 12.6 Å². The van der Waals surface area contributed by atoms with Crippen molar-refractivity contribution in [2.45, 2.75) is 32.7 Å². The van der Waals surface area contributed by atoms with E-state index in [0.29, 0.717) is 6.42 Å². The molecule has 13 heavy (non-hydrogen) atoms. The molecule has 1 atom stereocenters. The number of hydrogen-bond acceptors (Lipinski definition) is 2. The van der Waals surface area contributed by atoms with Gasteiger partial charge < -0.3 is 11.1 Å². The first-order chi connectivity index (χ1) is 5.93. The summed E-state index contributed by atoms with van der Waals surface area (Å²) in [6, 6.07) is -0.682. The molecule has 3 N–H and O–H groups in total. The first kappa shape index (κ1) is 12.3. The maximum Gasteiger partial charge on any atom is 0.255 e. The normalized spacial score (nSPS) is 13.5. The molecular weight excluding hydrogens is 178 g/mol. The molecule has 0 aliphatic carbocycles. The molecule has 0 aromatic carbocycles. The van der Waals surface area contributed by atoms with Gasteiger partial charge >= 0.3 is 0 Å². The fourth-order valence-corrected chi connectivity index (χ4v) is 0.924. The van der Waals surface area contributed by atoms with E-state index in [1.54, 1.807) is 0 Å².